The molecule has 0 aliphatic carbocycles. The molecule has 0 N–H and O–H groups in total. The third kappa shape index (κ3) is 3.26. The van der Waals surface area contributed by atoms with Crippen molar-refractivity contribution >= 4 is 11.9 Å². The van der Waals surface area contributed by atoms with Crippen molar-refractivity contribution in [2.75, 3.05) is 7.05 Å². The van der Waals surface area contributed by atoms with Crippen LogP contribution < -0.4 is 0 Å². The molecule has 0 bridgehead atoms. The fourth-order valence-corrected chi connectivity index (χ4v) is 0.713. The van der Waals surface area contributed by atoms with Crippen LogP contribution in [0.15, 0.2) is 24.3 Å². The third-order valence-corrected chi connectivity index (χ3v) is 1.39. The minimum absolute atomic E-state index is 0. The number of para-hydroxylation sites is 1. The first-order valence-electron chi connectivity index (χ1n) is 3.22. The molecule has 0 spiro atoms. The van der Waals surface area contributed by atoms with Crippen molar-refractivity contribution in [2.45, 2.75) is 6.92 Å². The van der Waals surface area contributed by atoms with Crippen molar-refractivity contribution < 1.29 is 37.3 Å². The second-order valence-corrected chi connectivity index (χ2v) is 2.03. The Balaban J connectivity index is 0.000001000. The second-order valence-electron chi connectivity index (χ2n) is 2.03. The Morgan fingerprint density at radius 1 is 1.45 bits per heavy atom. The van der Waals surface area contributed by atoms with E-state index in [1.54, 1.807) is 0 Å². The van der Waals surface area contributed by atoms with Gasteiger partial charge in [-0.2, -0.15) is 24.3 Å². The first-order chi connectivity index (χ1) is 4.84. The van der Waals surface area contributed by atoms with Crippen molar-refractivity contribution in [3.05, 3.63) is 30.3 Å². The van der Waals surface area contributed by atoms with Crippen LogP contribution in [0.5, 0.6) is 0 Å². The van der Waals surface area contributed by atoms with E-state index in [4.69, 9.17) is 0 Å². The Labute approximate surface area is 93.0 Å². The maximum atomic E-state index is 3.08. The van der Waals surface area contributed by atoms with Crippen molar-refractivity contribution in [3.8, 4) is 0 Å². The summed E-state index contributed by atoms with van der Waals surface area (Å²) in [7, 11) is 1.95. The van der Waals surface area contributed by atoms with Gasteiger partial charge < -0.3 is 4.58 Å². The van der Waals surface area contributed by atoms with Crippen molar-refractivity contribution in [1.29, 1.82) is 0 Å². The predicted octanol–water partition coefficient (Wildman–Crippen LogP) is 1.73. The Morgan fingerprint density at radius 2 is 2.18 bits per heavy atom. The van der Waals surface area contributed by atoms with Crippen LogP contribution in [-0.2, 0) is 32.7 Å². The van der Waals surface area contributed by atoms with E-state index in [-0.39, 0.29) is 32.7 Å². The summed E-state index contributed by atoms with van der Waals surface area (Å²) in [5.41, 5.74) is 1.05. The van der Waals surface area contributed by atoms with Crippen molar-refractivity contribution in [1.82, 2.24) is 0 Å². The zero-order chi connectivity index (χ0) is 7.40. The Bertz CT molecular complexity index is 229. The van der Waals surface area contributed by atoms with Crippen LogP contribution in [0.25, 0.3) is 0 Å². The molecule has 0 aliphatic heterocycles. The molecule has 0 saturated heterocycles. The molecular formula is C9H10NY-. The van der Waals surface area contributed by atoms with Gasteiger partial charge in [0.2, 0.25) is 0 Å². The van der Waals surface area contributed by atoms with Gasteiger partial charge in [-0.3, -0.25) is 0 Å². The standard InChI is InChI=1S/C9H10N.Y/c1-3-10(2)9-7-5-4-6-8-9;/h4-7H,1-2H3;/q-1;. The molecule has 11 heavy (non-hydrogen) atoms. The Morgan fingerprint density at radius 3 is 2.64 bits per heavy atom. The maximum absolute atomic E-state index is 3.08. The van der Waals surface area contributed by atoms with Gasteiger partial charge in [-0.05, 0) is 0 Å². The molecule has 2 heteroatoms. The normalized spacial score (nSPS) is 10.5. The van der Waals surface area contributed by atoms with Gasteiger partial charge in [-0.25, -0.2) is 6.07 Å². The van der Waals surface area contributed by atoms with Crippen molar-refractivity contribution in [3.63, 3.8) is 0 Å². The SMILES string of the molecule is C[C-]=[N+](C)c1[c-]cccc1.[Y]. The van der Waals surface area contributed by atoms with Gasteiger partial charge in [0.05, 0.1) is 0 Å². The topological polar surface area (TPSA) is 3.01 Å². The molecule has 0 aromatic heterocycles. The third-order valence-electron chi connectivity index (χ3n) is 1.39. The van der Waals surface area contributed by atoms with Crippen LogP contribution in [0.1, 0.15) is 6.92 Å². The number of hydrogen-bond acceptors (Lipinski definition) is 0. The Hall–Kier alpha value is -0.00610. The number of rotatable bonds is 1. The van der Waals surface area contributed by atoms with Gasteiger partial charge in [0.15, 0.2) is 0 Å². The van der Waals surface area contributed by atoms with E-state index in [0.29, 0.717) is 0 Å². The van der Waals surface area contributed by atoms with Gasteiger partial charge in [-0.1, -0.05) is 12.6 Å². The second kappa shape index (κ2) is 5.62. The van der Waals surface area contributed by atoms with Crippen molar-refractivity contribution in [2.24, 2.45) is 0 Å². The zero-order valence-electron chi connectivity index (χ0n) is 6.83. The van der Waals surface area contributed by atoms with Gasteiger partial charge in [0, 0.05) is 38.9 Å². The summed E-state index contributed by atoms with van der Waals surface area (Å²) in [6, 6.07) is 10.9. The van der Waals surface area contributed by atoms with Gasteiger partial charge in [0.25, 0.3) is 0 Å². The predicted molar refractivity (Wildman–Crippen MR) is 41.8 cm³/mol. The summed E-state index contributed by atoms with van der Waals surface area (Å²) < 4.78 is 1.90. The molecule has 1 nitrogen and oxygen atoms in total. The molecule has 1 aromatic rings. The molecular weight excluding hydrogens is 211 g/mol. The number of benzene rings is 1. The molecule has 1 rings (SSSR count). The number of hydrogen-bond donors (Lipinski definition) is 0. The van der Waals surface area contributed by atoms with Gasteiger partial charge in [-0.15, -0.1) is 0 Å². The van der Waals surface area contributed by atoms with E-state index in [0.717, 1.165) is 5.69 Å². The minimum atomic E-state index is 0. The molecule has 0 saturated carbocycles. The molecule has 0 aliphatic rings. The summed E-state index contributed by atoms with van der Waals surface area (Å²) in [5.74, 6) is 0. The van der Waals surface area contributed by atoms with Gasteiger partial charge >= 0.3 is 0 Å². The molecule has 0 fully saturated rings. The number of nitrogens with zero attached hydrogens (tertiary/aromatic N) is 1. The summed E-state index contributed by atoms with van der Waals surface area (Å²) in [5, 5.41) is 0. The van der Waals surface area contributed by atoms with Crippen LogP contribution in [0.4, 0.5) is 5.69 Å². The van der Waals surface area contributed by atoms with Crippen LogP contribution in [-0.4, -0.2) is 17.8 Å². The molecule has 0 atom stereocenters. The van der Waals surface area contributed by atoms with Crippen LogP contribution >= 0.6 is 0 Å². The van der Waals surface area contributed by atoms with E-state index >= 15 is 0 Å². The van der Waals surface area contributed by atoms with E-state index in [1.165, 1.54) is 0 Å². The Kier molecular flexibility index (Phi) is 5.62. The fourth-order valence-electron chi connectivity index (χ4n) is 0.713. The van der Waals surface area contributed by atoms with E-state index < -0.39 is 0 Å². The first-order valence-corrected chi connectivity index (χ1v) is 3.22. The monoisotopic (exact) mass is 221 g/mol. The molecule has 0 unspecified atom stereocenters. The maximum Gasteiger partial charge on any atom is 0.103 e. The average Bonchev–Trinajstić information content (AvgIpc) is 2.05. The molecule has 0 heterocycles. The summed E-state index contributed by atoms with van der Waals surface area (Å²) in [6.07, 6.45) is 2.98. The van der Waals surface area contributed by atoms with Gasteiger partial charge in [0.1, 0.15) is 7.05 Å². The molecule has 55 valence electrons. The fraction of sp³-hybridized carbons (Fsp3) is 0.222. The molecule has 1 radical (unpaired) electrons. The summed E-state index contributed by atoms with van der Waals surface area (Å²) in [6.45, 7) is 1.88. The average molecular weight is 221 g/mol. The zero-order valence-corrected chi connectivity index (χ0v) is 9.67. The van der Waals surface area contributed by atoms with E-state index in [1.807, 2.05) is 42.8 Å². The minimum Gasteiger partial charge on any atom is -0.388 e. The van der Waals surface area contributed by atoms with E-state index in [2.05, 4.69) is 12.3 Å². The molecule has 0 amide bonds. The summed E-state index contributed by atoms with van der Waals surface area (Å²) in [4.78, 5) is 0. The quantitative estimate of drug-likeness (QED) is 0.386. The largest absolute Gasteiger partial charge is 0.388 e. The smallest absolute Gasteiger partial charge is 0.103 e. The van der Waals surface area contributed by atoms with Crippen LogP contribution in [0, 0.1) is 6.07 Å². The van der Waals surface area contributed by atoms with Crippen LogP contribution in [0.3, 0.4) is 0 Å². The molecule has 1 aromatic carbocycles. The first kappa shape index (κ1) is 11.0. The summed E-state index contributed by atoms with van der Waals surface area (Å²) >= 11 is 0. The van der Waals surface area contributed by atoms with E-state index in [9.17, 15) is 0 Å². The van der Waals surface area contributed by atoms with Crippen LogP contribution in [0.2, 0.25) is 0 Å².